The summed E-state index contributed by atoms with van der Waals surface area (Å²) in [5.41, 5.74) is 0.159. The van der Waals surface area contributed by atoms with Crippen molar-refractivity contribution < 1.29 is 17.9 Å². The molecule has 25 heavy (non-hydrogen) atoms. The maximum Gasteiger partial charge on any atom is 0.416 e. The molecule has 0 bridgehead atoms. The van der Waals surface area contributed by atoms with Crippen molar-refractivity contribution in [1.82, 2.24) is 10.6 Å². The van der Waals surface area contributed by atoms with E-state index >= 15 is 0 Å². The molecule has 1 aromatic carbocycles. The third-order valence-corrected chi connectivity index (χ3v) is 3.99. The summed E-state index contributed by atoms with van der Waals surface area (Å²) in [5, 5.41) is 5.98. The van der Waals surface area contributed by atoms with E-state index in [2.05, 4.69) is 15.6 Å². The van der Waals surface area contributed by atoms with Gasteiger partial charge in [0.1, 0.15) is 0 Å². The summed E-state index contributed by atoms with van der Waals surface area (Å²) in [4.78, 5) is 5.93. The molecule has 0 aromatic heterocycles. The van der Waals surface area contributed by atoms with Crippen molar-refractivity contribution >= 4 is 11.6 Å². The largest absolute Gasteiger partial charge is 0.416 e. The van der Waals surface area contributed by atoms with Crippen molar-refractivity contribution in [3.8, 4) is 0 Å². The fourth-order valence-corrected chi connectivity index (χ4v) is 2.64. The van der Waals surface area contributed by atoms with E-state index in [1.807, 2.05) is 11.8 Å². The molecular formula is C17H25F3N4O. The van der Waals surface area contributed by atoms with E-state index in [1.165, 1.54) is 12.1 Å². The Morgan fingerprint density at radius 1 is 1.24 bits per heavy atom. The number of aliphatic imine (C=N–C) groups is 1. The average Bonchev–Trinajstić information content (AvgIpc) is 2.62. The van der Waals surface area contributed by atoms with Crippen molar-refractivity contribution in [1.29, 1.82) is 0 Å². The van der Waals surface area contributed by atoms with Crippen LogP contribution in [0.15, 0.2) is 23.2 Å². The highest BCUT2D eigenvalue weighted by atomic mass is 19.4. The Balaban J connectivity index is 2.16. The third-order valence-electron chi connectivity index (χ3n) is 3.99. The Kier molecular flexibility index (Phi) is 6.92. The Morgan fingerprint density at radius 2 is 1.96 bits per heavy atom. The molecule has 0 radical (unpaired) electrons. The highest BCUT2D eigenvalue weighted by molar-refractivity contribution is 5.79. The molecule has 0 saturated carbocycles. The molecule has 0 unspecified atom stereocenters. The molecule has 5 nitrogen and oxygen atoms in total. The first-order valence-electron chi connectivity index (χ1n) is 8.43. The third kappa shape index (κ3) is 5.52. The summed E-state index contributed by atoms with van der Waals surface area (Å²) in [7, 11) is 1.59. The summed E-state index contributed by atoms with van der Waals surface area (Å²) in [6.07, 6.45) is -3.50. The number of halogens is 3. The van der Waals surface area contributed by atoms with E-state index < -0.39 is 11.7 Å². The van der Waals surface area contributed by atoms with Crippen LogP contribution in [-0.4, -0.2) is 45.9 Å². The predicted molar refractivity (Wildman–Crippen MR) is 93.0 cm³/mol. The smallest absolute Gasteiger partial charge is 0.378 e. The molecule has 8 heteroatoms. The minimum absolute atomic E-state index is 0.0572. The van der Waals surface area contributed by atoms with Crippen LogP contribution in [0.4, 0.5) is 18.9 Å². The topological polar surface area (TPSA) is 48.9 Å². The zero-order valence-corrected chi connectivity index (χ0v) is 14.6. The van der Waals surface area contributed by atoms with Crippen LogP contribution in [0.1, 0.15) is 24.5 Å². The lowest BCUT2D eigenvalue weighted by Gasteiger charge is -2.29. The van der Waals surface area contributed by atoms with Gasteiger partial charge in [-0.25, -0.2) is 0 Å². The first-order chi connectivity index (χ1) is 12.0. The van der Waals surface area contributed by atoms with E-state index in [0.717, 1.165) is 6.42 Å². The van der Waals surface area contributed by atoms with Crippen LogP contribution in [0.2, 0.25) is 0 Å². The molecule has 1 saturated heterocycles. The number of ether oxygens (including phenoxy) is 1. The zero-order valence-electron chi connectivity index (χ0n) is 14.6. The highest BCUT2D eigenvalue weighted by Gasteiger charge is 2.34. The molecule has 2 rings (SSSR count). The molecule has 0 aliphatic carbocycles. The van der Waals surface area contributed by atoms with E-state index in [1.54, 1.807) is 13.1 Å². The maximum atomic E-state index is 13.5. The van der Waals surface area contributed by atoms with Crippen LogP contribution in [0.5, 0.6) is 0 Å². The Labute approximate surface area is 146 Å². The lowest BCUT2D eigenvalue weighted by atomic mass is 10.0. The summed E-state index contributed by atoms with van der Waals surface area (Å²) in [5.74, 6) is 0.493. The van der Waals surface area contributed by atoms with Gasteiger partial charge in [0.2, 0.25) is 0 Å². The second-order valence-corrected chi connectivity index (χ2v) is 5.79. The van der Waals surface area contributed by atoms with Crippen LogP contribution < -0.4 is 15.5 Å². The molecule has 1 aliphatic rings. The molecule has 140 valence electrons. The number of anilines is 1. The number of benzene rings is 1. The lowest BCUT2D eigenvalue weighted by Crippen LogP contribution is -2.38. The first kappa shape index (κ1) is 19.4. The summed E-state index contributed by atoms with van der Waals surface area (Å²) in [6, 6.07) is 4.50. The molecule has 1 fully saturated rings. The van der Waals surface area contributed by atoms with Gasteiger partial charge in [-0.1, -0.05) is 13.0 Å². The van der Waals surface area contributed by atoms with Crippen molar-refractivity contribution in [3.05, 3.63) is 29.3 Å². The van der Waals surface area contributed by atoms with Crippen molar-refractivity contribution in [2.75, 3.05) is 44.8 Å². The van der Waals surface area contributed by atoms with Gasteiger partial charge in [0.15, 0.2) is 5.96 Å². The molecule has 0 amide bonds. The highest BCUT2D eigenvalue weighted by Crippen LogP contribution is 2.34. The fraction of sp³-hybridized carbons (Fsp3) is 0.588. The minimum Gasteiger partial charge on any atom is -0.378 e. The second kappa shape index (κ2) is 8.94. The van der Waals surface area contributed by atoms with Gasteiger partial charge in [-0.05, 0) is 24.1 Å². The molecule has 1 aliphatic heterocycles. The summed E-state index contributed by atoms with van der Waals surface area (Å²) in [6.45, 7) is 5.04. The van der Waals surface area contributed by atoms with E-state index in [4.69, 9.17) is 4.74 Å². The number of hydrogen-bond acceptors (Lipinski definition) is 3. The second-order valence-electron chi connectivity index (χ2n) is 5.79. The minimum atomic E-state index is -4.40. The van der Waals surface area contributed by atoms with Crippen molar-refractivity contribution in [3.63, 3.8) is 0 Å². The van der Waals surface area contributed by atoms with Crippen LogP contribution in [-0.2, 0) is 17.5 Å². The van der Waals surface area contributed by atoms with Gasteiger partial charge in [0, 0.05) is 38.9 Å². The average molecular weight is 358 g/mol. The Hall–Kier alpha value is -1.96. The number of hydrogen-bond donors (Lipinski definition) is 2. The zero-order chi connectivity index (χ0) is 18.3. The molecule has 0 spiro atoms. The van der Waals surface area contributed by atoms with Crippen LogP contribution in [0.25, 0.3) is 0 Å². The van der Waals surface area contributed by atoms with Gasteiger partial charge in [-0.3, -0.25) is 4.99 Å². The van der Waals surface area contributed by atoms with Gasteiger partial charge in [0.05, 0.1) is 18.8 Å². The lowest BCUT2D eigenvalue weighted by molar-refractivity contribution is -0.138. The molecule has 1 heterocycles. The monoisotopic (exact) mass is 358 g/mol. The Bertz CT molecular complexity index is 584. The number of nitrogens with one attached hydrogen (secondary N) is 2. The van der Waals surface area contributed by atoms with Gasteiger partial charge in [-0.15, -0.1) is 0 Å². The van der Waals surface area contributed by atoms with Crippen molar-refractivity contribution in [2.45, 2.75) is 26.1 Å². The van der Waals surface area contributed by atoms with Crippen molar-refractivity contribution in [2.24, 2.45) is 4.99 Å². The number of morpholine rings is 1. The molecule has 1 aromatic rings. The number of nitrogens with zero attached hydrogens (tertiary/aromatic N) is 2. The SMILES string of the molecule is CCCNC(=NC)NCc1ccc(N2CCOCC2)cc1C(F)(F)F. The number of rotatable bonds is 5. The van der Waals surface area contributed by atoms with Crippen LogP contribution in [0.3, 0.4) is 0 Å². The molecular weight excluding hydrogens is 333 g/mol. The normalized spacial score (nSPS) is 16.0. The van der Waals surface area contributed by atoms with E-state index in [0.29, 0.717) is 44.5 Å². The van der Waals surface area contributed by atoms with Gasteiger partial charge < -0.3 is 20.3 Å². The van der Waals surface area contributed by atoms with Gasteiger partial charge >= 0.3 is 6.18 Å². The molecule has 2 N–H and O–H groups in total. The first-order valence-corrected chi connectivity index (χ1v) is 8.43. The van der Waals surface area contributed by atoms with E-state index in [9.17, 15) is 13.2 Å². The number of alkyl halides is 3. The van der Waals surface area contributed by atoms with Gasteiger partial charge in [-0.2, -0.15) is 13.2 Å². The summed E-state index contributed by atoms with van der Waals surface area (Å²) >= 11 is 0. The maximum absolute atomic E-state index is 13.5. The summed E-state index contributed by atoms with van der Waals surface area (Å²) < 4.78 is 45.7. The van der Waals surface area contributed by atoms with Gasteiger partial charge in [0.25, 0.3) is 0 Å². The standard InChI is InChI=1S/C17H25F3N4O/c1-3-6-22-16(21-2)23-12-13-4-5-14(11-15(13)17(18,19)20)24-7-9-25-10-8-24/h4-5,11H,3,6-10,12H2,1-2H3,(H2,21,22,23). The Morgan fingerprint density at radius 3 is 2.56 bits per heavy atom. The fourth-order valence-electron chi connectivity index (χ4n) is 2.64. The predicted octanol–water partition coefficient (Wildman–Crippen LogP) is 2.62. The van der Waals surface area contributed by atoms with Crippen LogP contribution in [0, 0.1) is 0 Å². The van der Waals surface area contributed by atoms with Crippen LogP contribution >= 0.6 is 0 Å². The number of guanidine groups is 1. The molecule has 0 atom stereocenters. The van der Waals surface area contributed by atoms with E-state index in [-0.39, 0.29) is 12.1 Å². The quantitative estimate of drug-likeness (QED) is 0.628.